The second kappa shape index (κ2) is 5.19. The maximum atomic E-state index is 10.8. The lowest BCUT2D eigenvalue weighted by Crippen LogP contribution is -2.41. The van der Waals surface area contributed by atoms with Gasteiger partial charge in [-0.05, 0) is 18.9 Å². The molecule has 1 N–H and O–H groups in total. The highest BCUT2D eigenvalue weighted by Gasteiger charge is 2.22. The van der Waals surface area contributed by atoms with Gasteiger partial charge in [-0.1, -0.05) is 6.92 Å². The van der Waals surface area contributed by atoms with Crippen LogP contribution in [0.15, 0.2) is 0 Å². The summed E-state index contributed by atoms with van der Waals surface area (Å²) in [5.41, 5.74) is 0. The Morgan fingerprint density at radius 1 is 1.62 bits per heavy atom. The predicted molar refractivity (Wildman–Crippen MR) is 48.4 cm³/mol. The van der Waals surface area contributed by atoms with Gasteiger partial charge in [-0.2, -0.15) is 0 Å². The molecule has 4 heteroatoms. The summed E-state index contributed by atoms with van der Waals surface area (Å²) < 4.78 is 9.90. The first-order valence-corrected chi connectivity index (χ1v) is 4.63. The molecule has 0 aliphatic carbocycles. The van der Waals surface area contributed by atoms with Gasteiger partial charge < -0.3 is 14.8 Å². The summed E-state index contributed by atoms with van der Waals surface area (Å²) >= 11 is 0. The van der Waals surface area contributed by atoms with E-state index in [1.807, 2.05) is 0 Å². The van der Waals surface area contributed by atoms with Crippen molar-refractivity contribution in [1.29, 1.82) is 0 Å². The Labute approximate surface area is 78.6 Å². The second-order valence-electron chi connectivity index (χ2n) is 3.40. The van der Waals surface area contributed by atoms with Gasteiger partial charge in [-0.15, -0.1) is 0 Å². The van der Waals surface area contributed by atoms with Crippen molar-refractivity contribution in [2.75, 3.05) is 26.8 Å². The maximum absolute atomic E-state index is 10.8. The fourth-order valence-electron chi connectivity index (χ4n) is 1.42. The molecule has 1 rings (SSSR count). The summed E-state index contributed by atoms with van der Waals surface area (Å²) in [5, 5.41) is 3.23. The number of carbonyl (C=O) groups excluding carboxylic acids is 1. The van der Waals surface area contributed by atoms with E-state index in [1.165, 1.54) is 7.11 Å². The number of hydrogen-bond donors (Lipinski definition) is 1. The highest BCUT2D eigenvalue weighted by Crippen LogP contribution is 2.14. The summed E-state index contributed by atoms with van der Waals surface area (Å²) in [5.74, 6) is 0.212. The van der Waals surface area contributed by atoms with E-state index in [4.69, 9.17) is 4.74 Å². The van der Waals surface area contributed by atoms with Crippen LogP contribution in [0.2, 0.25) is 0 Å². The number of hydrogen-bond acceptors (Lipinski definition) is 4. The molecule has 0 aromatic heterocycles. The van der Waals surface area contributed by atoms with E-state index < -0.39 is 0 Å². The van der Waals surface area contributed by atoms with Crippen LogP contribution in [0.5, 0.6) is 0 Å². The van der Waals surface area contributed by atoms with Crippen LogP contribution >= 0.6 is 0 Å². The number of piperidine rings is 1. The van der Waals surface area contributed by atoms with Crippen LogP contribution in [0.4, 0.5) is 0 Å². The minimum Gasteiger partial charge on any atom is -0.467 e. The summed E-state index contributed by atoms with van der Waals surface area (Å²) in [4.78, 5) is 10.8. The molecule has 0 amide bonds. The Kier molecular flexibility index (Phi) is 4.18. The highest BCUT2D eigenvalue weighted by molar-refractivity contribution is 5.70. The minimum absolute atomic E-state index is 0.0627. The smallest absolute Gasteiger partial charge is 0.331 e. The standard InChI is InChI=1S/C9H17NO3/c1-7-3-4-10-5-8(7)13-6-9(11)12-2/h7-8,10H,3-6H2,1-2H3. The van der Waals surface area contributed by atoms with Crippen LogP contribution in [0, 0.1) is 5.92 Å². The van der Waals surface area contributed by atoms with Gasteiger partial charge in [0, 0.05) is 6.54 Å². The molecule has 1 aliphatic heterocycles. The topological polar surface area (TPSA) is 47.6 Å². The quantitative estimate of drug-likeness (QED) is 0.640. The summed E-state index contributed by atoms with van der Waals surface area (Å²) in [6.07, 6.45) is 1.25. The Bertz CT molecular complexity index is 172. The lowest BCUT2D eigenvalue weighted by atomic mass is 9.97. The third-order valence-corrected chi connectivity index (χ3v) is 2.40. The van der Waals surface area contributed by atoms with Crippen LogP contribution in [0.1, 0.15) is 13.3 Å². The van der Waals surface area contributed by atoms with Crippen molar-refractivity contribution in [1.82, 2.24) is 5.32 Å². The summed E-state index contributed by atoms with van der Waals surface area (Å²) in [7, 11) is 1.37. The van der Waals surface area contributed by atoms with Gasteiger partial charge in [0.15, 0.2) is 0 Å². The number of nitrogens with one attached hydrogen (secondary N) is 1. The Balaban J connectivity index is 2.22. The van der Waals surface area contributed by atoms with Gasteiger partial charge in [0.05, 0.1) is 13.2 Å². The predicted octanol–water partition coefficient (Wildman–Crippen LogP) is 0.174. The van der Waals surface area contributed by atoms with Gasteiger partial charge in [0.1, 0.15) is 6.61 Å². The summed E-state index contributed by atoms with van der Waals surface area (Å²) in [6.45, 7) is 4.08. The van der Waals surface area contributed by atoms with Gasteiger partial charge in [0.2, 0.25) is 0 Å². The van der Waals surface area contributed by atoms with E-state index in [0.29, 0.717) is 5.92 Å². The van der Waals surface area contributed by atoms with Gasteiger partial charge >= 0.3 is 5.97 Å². The van der Waals surface area contributed by atoms with Crippen molar-refractivity contribution in [2.24, 2.45) is 5.92 Å². The molecule has 0 radical (unpaired) electrons. The molecule has 4 nitrogen and oxygen atoms in total. The van der Waals surface area contributed by atoms with Crippen molar-refractivity contribution in [3.05, 3.63) is 0 Å². The Morgan fingerprint density at radius 2 is 2.38 bits per heavy atom. The van der Waals surface area contributed by atoms with Gasteiger partial charge in [-0.3, -0.25) is 0 Å². The molecule has 0 saturated carbocycles. The SMILES string of the molecule is COC(=O)COC1CNCCC1C. The largest absolute Gasteiger partial charge is 0.467 e. The molecule has 1 fully saturated rings. The van der Waals surface area contributed by atoms with Crippen molar-refractivity contribution in [3.63, 3.8) is 0 Å². The zero-order valence-corrected chi connectivity index (χ0v) is 8.21. The normalized spacial score (nSPS) is 28.5. The van der Waals surface area contributed by atoms with E-state index in [1.54, 1.807) is 0 Å². The Morgan fingerprint density at radius 3 is 3.00 bits per heavy atom. The van der Waals surface area contributed by atoms with Crippen LogP contribution in [0.25, 0.3) is 0 Å². The van der Waals surface area contributed by atoms with E-state index in [-0.39, 0.29) is 18.7 Å². The minimum atomic E-state index is -0.308. The molecule has 0 bridgehead atoms. The highest BCUT2D eigenvalue weighted by atomic mass is 16.6. The first kappa shape index (κ1) is 10.5. The summed E-state index contributed by atoms with van der Waals surface area (Å²) in [6, 6.07) is 0. The second-order valence-corrected chi connectivity index (χ2v) is 3.40. The van der Waals surface area contributed by atoms with Crippen LogP contribution in [0.3, 0.4) is 0 Å². The van der Waals surface area contributed by atoms with E-state index in [2.05, 4.69) is 17.0 Å². The number of methoxy groups -OCH3 is 1. The molecule has 76 valence electrons. The fraction of sp³-hybridized carbons (Fsp3) is 0.889. The molecule has 1 heterocycles. The maximum Gasteiger partial charge on any atom is 0.331 e. The van der Waals surface area contributed by atoms with Gasteiger partial charge in [0.25, 0.3) is 0 Å². The zero-order valence-electron chi connectivity index (χ0n) is 8.21. The zero-order chi connectivity index (χ0) is 9.68. The first-order valence-electron chi connectivity index (χ1n) is 4.63. The molecule has 1 aliphatic rings. The van der Waals surface area contributed by atoms with Gasteiger partial charge in [-0.25, -0.2) is 4.79 Å². The van der Waals surface area contributed by atoms with Crippen LogP contribution in [-0.4, -0.2) is 38.9 Å². The molecule has 0 aromatic carbocycles. The molecule has 0 spiro atoms. The van der Waals surface area contributed by atoms with Crippen LogP contribution in [-0.2, 0) is 14.3 Å². The molecular weight excluding hydrogens is 170 g/mol. The lowest BCUT2D eigenvalue weighted by molar-refractivity contribution is -0.149. The third-order valence-electron chi connectivity index (χ3n) is 2.40. The van der Waals surface area contributed by atoms with E-state index >= 15 is 0 Å². The number of ether oxygens (including phenoxy) is 2. The molecule has 13 heavy (non-hydrogen) atoms. The molecule has 0 aromatic rings. The molecule has 2 atom stereocenters. The number of rotatable bonds is 3. The average molecular weight is 187 g/mol. The van der Waals surface area contributed by atoms with Crippen molar-refractivity contribution in [2.45, 2.75) is 19.4 Å². The third kappa shape index (κ3) is 3.32. The average Bonchev–Trinajstić information content (AvgIpc) is 2.16. The van der Waals surface area contributed by atoms with Crippen molar-refractivity contribution >= 4 is 5.97 Å². The fourth-order valence-corrected chi connectivity index (χ4v) is 1.42. The molecule has 1 saturated heterocycles. The van der Waals surface area contributed by atoms with Crippen LogP contribution < -0.4 is 5.32 Å². The monoisotopic (exact) mass is 187 g/mol. The number of esters is 1. The number of carbonyl (C=O) groups is 1. The Hall–Kier alpha value is -0.610. The first-order chi connectivity index (χ1) is 6.24. The molecular formula is C9H17NO3. The van der Waals surface area contributed by atoms with E-state index in [0.717, 1.165) is 19.5 Å². The lowest BCUT2D eigenvalue weighted by Gasteiger charge is -2.28. The van der Waals surface area contributed by atoms with E-state index in [9.17, 15) is 4.79 Å². The molecule has 2 unspecified atom stereocenters. The van der Waals surface area contributed by atoms with Crippen molar-refractivity contribution < 1.29 is 14.3 Å². The van der Waals surface area contributed by atoms with Crippen molar-refractivity contribution in [3.8, 4) is 0 Å².